The average molecular weight is 332 g/mol. The van der Waals surface area contributed by atoms with E-state index in [1.54, 1.807) is 29.2 Å². The van der Waals surface area contributed by atoms with Crippen molar-refractivity contribution in [3.8, 4) is 0 Å². The highest BCUT2D eigenvalue weighted by Gasteiger charge is 2.35. The van der Waals surface area contributed by atoms with Gasteiger partial charge in [0.25, 0.3) is 5.91 Å². The standard InChI is InChI=1S/C18H24N2O4/c1-3-18(4-2,17(23)24)12-19-16(22)13-7-9-14(10-8-13)20-11-5-6-15(20)21/h7-10H,3-6,11-12H2,1-2H3,(H,19,22)(H,23,24). The number of aliphatic carboxylic acids is 1. The lowest BCUT2D eigenvalue weighted by Crippen LogP contribution is -2.42. The van der Waals surface area contributed by atoms with Crippen LogP contribution in [0.4, 0.5) is 5.69 Å². The van der Waals surface area contributed by atoms with Crippen LogP contribution in [-0.2, 0) is 9.59 Å². The molecule has 1 aromatic carbocycles. The van der Waals surface area contributed by atoms with E-state index in [4.69, 9.17) is 0 Å². The van der Waals surface area contributed by atoms with Crippen molar-refractivity contribution >= 4 is 23.5 Å². The van der Waals surface area contributed by atoms with Gasteiger partial charge in [-0.3, -0.25) is 14.4 Å². The molecule has 6 heteroatoms. The van der Waals surface area contributed by atoms with E-state index in [1.807, 2.05) is 13.8 Å². The van der Waals surface area contributed by atoms with Gasteiger partial charge < -0.3 is 15.3 Å². The Kier molecular flexibility index (Phi) is 5.59. The third-order valence-electron chi connectivity index (χ3n) is 4.91. The lowest BCUT2D eigenvalue weighted by molar-refractivity contribution is -0.149. The predicted molar refractivity (Wildman–Crippen MR) is 91.0 cm³/mol. The number of benzene rings is 1. The summed E-state index contributed by atoms with van der Waals surface area (Å²) in [5.74, 6) is -1.10. The van der Waals surface area contributed by atoms with Crippen molar-refractivity contribution in [2.24, 2.45) is 5.41 Å². The molecule has 0 unspecified atom stereocenters. The molecule has 24 heavy (non-hydrogen) atoms. The molecular formula is C18H24N2O4. The Labute approximate surface area is 141 Å². The van der Waals surface area contributed by atoms with Gasteiger partial charge in [-0.2, -0.15) is 0 Å². The molecule has 130 valence electrons. The van der Waals surface area contributed by atoms with Crippen LogP contribution < -0.4 is 10.2 Å². The van der Waals surface area contributed by atoms with E-state index in [9.17, 15) is 19.5 Å². The second-order valence-corrected chi connectivity index (χ2v) is 6.17. The summed E-state index contributed by atoms with van der Waals surface area (Å²) in [6.45, 7) is 4.43. The van der Waals surface area contributed by atoms with Crippen LogP contribution in [0, 0.1) is 5.41 Å². The number of amides is 2. The molecule has 0 atom stereocenters. The molecule has 1 fully saturated rings. The zero-order valence-electron chi connectivity index (χ0n) is 14.2. The van der Waals surface area contributed by atoms with Crippen molar-refractivity contribution in [3.05, 3.63) is 29.8 Å². The second kappa shape index (κ2) is 7.47. The van der Waals surface area contributed by atoms with Gasteiger partial charge in [0.05, 0.1) is 5.41 Å². The van der Waals surface area contributed by atoms with Crippen molar-refractivity contribution in [2.75, 3.05) is 18.0 Å². The lowest BCUT2D eigenvalue weighted by atomic mass is 9.82. The quantitative estimate of drug-likeness (QED) is 0.803. The van der Waals surface area contributed by atoms with Crippen LogP contribution in [0.5, 0.6) is 0 Å². The van der Waals surface area contributed by atoms with Gasteiger partial charge in [-0.1, -0.05) is 13.8 Å². The van der Waals surface area contributed by atoms with E-state index in [2.05, 4.69) is 5.32 Å². The van der Waals surface area contributed by atoms with Gasteiger partial charge in [-0.05, 0) is 43.5 Å². The number of nitrogens with one attached hydrogen (secondary N) is 1. The number of hydrogen-bond acceptors (Lipinski definition) is 3. The van der Waals surface area contributed by atoms with Crippen molar-refractivity contribution in [3.63, 3.8) is 0 Å². The van der Waals surface area contributed by atoms with Gasteiger partial charge in [0.2, 0.25) is 5.91 Å². The monoisotopic (exact) mass is 332 g/mol. The zero-order chi connectivity index (χ0) is 17.7. The highest BCUT2D eigenvalue weighted by molar-refractivity contribution is 5.97. The Morgan fingerprint density at radius 3 is 2.29 bits per heavy atom. The van der Waals surface area contributed by atoms with Crippen LogP contribution in [0.25, 0.3) is 0 Å². The first-order chi connectivity index (χ1) is 11.4. The largest absolute Gasteiger partial charge is 0.481 e. The average Bonchev–Trinajstić information content (AvgIpc) is 3.02. The normalized spacial score (nSPS) is 14.8. The van der Waals surface area contributed by atoms with Crippen molar-refractivity contribution in [2.45, 2.75) is 39.5 Å². The van der Waals surface area contributed by atoms with E-state index in [0.29, 0.717) is 31.4 Å². The van der Waals surface area contributed by atoms with E-state index >= 15 is 0 Å². The maximum absolute atomic E-state index is 12.3. The summed E-state index contributed by atoms with van der Waals surface area (Å²) in [7, 11) is 0. The predicted octanol–water partition coefficient (Wildman–Crippen LogP) is 2.43. The van der Waals surface area contributed by atoms with Gasteiger partial charge in [0.1, 0.15) is 0 Å². The van der Waals surface area contributed by atoms with Crippen LogP contribution in [0.3, 0.4) is 0 Å². The zero-order valence-corrected chi connectivity index (χ0v) is 14.2. The lowest BCUT2D eigenvalue weighted by Gasteiger charge is -2.26. The highest BCUT2D eigenvalue weighted by atomic mass is 16.4. The number of nitrogens with zero attached hydrogens (tertiary/aromatic N) is 1. The summed E-state index contributed by atoms with van der Waals surface area (Å²) in [4.78, 5) is 37.2. The van der Waals surface area contributed by atoms with Gasteiger partial charge in [-0.25, -0.2) is 0 Å². The Hall–Kier alpha value is -2.37. The molecule has 0 bridgehead atoms. The molecule has 0 aromatic heterocycles. The number of carbonyl (C=O) groups is 3. The molecule has 1 aromatic rings. The molecule has 0 radical (unpaired) electrons. The van der Waals surface area contributed by atoms with E-state index < -0.39 is 11.4 Å². The summed E-state index contributed by atoms with van der Waals surface area (Å²) in [6, 6.07) is 6.83. The van der Waals surface area contributed by atoms with E-state index in [-0.39, 0.29) is 18.4 Å². The summed E-state index contributed by atoms with van der Waals surface area (Å²) in [5, 5.41) is 12.1. The summed E-state index contributed by atoms with van der Waals surface area (Å²) < 4.78 is 0. The molecule has 2 amide bonds. The fourth-order valence-electron chi connectivity index (χ4n) is 2.94. The van der Waals surface area contributed by atoms with Gasteiger partial charge in [0, 0.05) is 30.8 Å². The minimum Gasteiger partial charge on any atom is -0.481 e. The maximum Gasteiger partial charge on any atom is 0.311 e. The summed E-state index contributed by atoms with van der Waals surface area (Å²) in [5.41, 5.74) is 0.310. The first kappa shape index (κ1) is 18.0. The number of carboxylic acids is 1. The Bertz CT molecular complexity index is 620. The smallest absolute Gasteiger partial charge is 0.311 e. The van der Waals surface area contributed by atoms with Gasteiger partial charge in [-0.15, -0.1) is 0 Å². The molecule has 6 nitrogen and oxygen atoms in total. The second-order valence-electron chi connectivity index (χ2n) is 6.17. The first-order valence-electron chi connectivity index (χ1n) is 8.35. The number of anilines is 1. The van der Waals surface area contributed by atoms with E-state index in [0.717, 1.165) is 12.1 Å². The van der Waals surface area contributed by atoms with E-state index in [1.165, 1.54) is 0 Å². The number of hydrogen-bond donors (Lipinski definition) is 2. The number of carbonyl (C=O) groups excluding carboxylic acids is 2. The minimum absolute atomic E-state index is 0.0977. The molecule has 1 heterocycles. The van der Waals surface area contributed by atoms with Crippen LogP contribution in [0.15, 0.2) is 24.3 Å². The molecule has 0 aliphatic carbocycles. The fourth-order valence-corrected chi connectivity index (χ4v) is 2.94. The number of rotatable bonds is 7. The topological polar surface area (TPSA) is 86.7 Å². The molecule has 2 rings (SSSR count). The third-order valence-corrected chi connectivity index (χ3v) is 4.91. The number of carboxylic acid groups (broad SMARTS) is 1. The third kappa shape index (κ3) is 3.58. The molecule has 0 saturated carbocycles. The SMILES string of the molecule is CCC(CC)(CNC(=O)c1ccc(N2CCCC2=O)cc1)C(=O)O. The minimum atomic E-state index is -0.933. The van der Waals surface area contributed by atoms with Gasteiger partial charge >= 0.3 is 5.97 Å². The maximum atomic E-state index is 12.3. The Morgan fingerprint density at radius 1 is 1.21 bits per heavy atom. The van der Waals surface area contributed by atoms with Crippen LogP contribution in [-0.4, -0.2) is 36.0 Å². The molecule has 2 N–H and O–H groups in total. The molecule has 1 saturated heterocycles. The molecule has 0 spiro atoms. The molecule has 1 aliphatic rings. The van der Waals surface area contributed by atoms with Crippen molar-refractivity contribution in [1.29, 1.82) is 0 Å². The van der Waals surface area contributed by atoms with Crippen LogP contribution >= 0.6 is 0 Å². The summed E-state index contributed by atoms with van der Waals surface area (Å²) in [6.07, 6.45) is 2.32. The van der Waals surface area contributed by atoms with Crippen LogP contribution in [0.1, 0.15) is 49.9 Å². The molecule has 1 aliphatic heterocycles. The van der Waals surface area contributed by atoms with Crippen LogP contribution in [0.2, 0.25) is 0 Å². The fraction of sp³-hybridized carbons (Fsp3) is 0.500. The van der Waals surface area contributed by atoms with Gasteiger partial charge in [0.15, 0.2) is 0 Å². The summed E-state index contributed by atoms with van der Waals surface area (Å²) >= 11 is 0. The first-order valence-corrected chi connectivity index (χ1v) is 8.35. The molecular weight excluding hydrogens is 308 g/mol. The van der Waals surface area contributed by atoms with Crippen molar-refractivity contribution < 1.29 is 19.5 Å². The Morgan fingerprint density at radius 2 is 1.83 bits per heavy atom. The van der Waals surface area contributed by atoms with Crippen molar-refractivity contribution in [1.82, 2.24) is 5.32 Å². The highest BCUT2D eigenvalue weighted by Crippen LogP contribution is 2.26. The Balaban J connectivity index is 2.02.